The Balaban J connectivity index is 2.06. The lowest BCUT2D eigenvalue weighted by molar-refractivity contribution is -0.0125. The van der Waals surface area contributed by atoms with E-state index in [0.29, 0.717) is 22.6 Å². The molecule has 1 N–H and O–H groups in total. The average molecular weight is 344 g/mol. The molecule has 0 amide bonds. The standard InChI is InChI=1S/C18H21FN4O2/c1-4-13-7-12(10-25-11-24)20-18-9-17(21-23(13)18)15-6-5-14(22(2)3)8-16(15)19/h5-9,24H,4,10-11H2,1-3H3. The maximum absolute atomic E-state index is 14.5. The third kappa shape index (κ3) is 3.47. The van der Waals surface area contributed by atoms with Crippen molar-refractivity contribution in [2.45, 2.75) is 20.0 Å². The highest BCUT2D eigenvalue weighted by molar-refractivity contribution is 5.67. The van der Waals surface area contributed by atoms with E-state index in [2.05, 4.69) is 10.1 Å². The van der Waals surface area contributed by atoms with E-state index in [4.69, 9.17) is 9.84 Å². The van der Waals surface area contributed by atoms with Crippen molar-refractivity contribution in [2.24, 2.45) is 0 Å². The van der Waals surface area contributed by atoms with E-state index in [1.807, 2.05) is 38.1 Å². The minimum atomic E-state index is -0.359. The Hall–Kier alpha value is -2.51. The van der Waals surface area contributed by atoms with E-state index >= 15 is 0 Å². The number of aryl methyl sites for hydroxylation is 1. The zero-order chi connectivity index (χ0) is 18.0. The van der Waals surface area contributed by atoms with Crippen LogP contribution >= 0.6 is 0 Å². The number of fused-ring (bicyclic) bond motifs is 1. The normalized spacial score (nSPS) is 11.2. The highest BCUT2D eigenvalue weighted by atomic mass is 19.1. The van der Waals surface area contributed by atoms with Gasteiger partial charge >= 0.3 is 0 Å². The SMILES string of the molecule is CCc1cc(COCO)nc2cc(-c3ccc(N(C)C)cc3F)nn12. The Bertz CT molecular complexity index is 892. The topological polar surface area (TPSA) is 62.9 Å². The fraction of sp³-hybridized carbons (Fsp3) is 0.333. The van der Waals surface area contributed by atoms with Crippen molar-refractivity contribution in [1.82, 2.24) is 14.6 Å². The number of hydrogen-bond acceptors (Lipinski definition) is 5. The van der Waals surface area contributed by atoms with Gasteiger partial charge in [-0.15, -0.1) is 0 Å². The molecule has 0 fully saturated rings. The van der Waals surface area contributed by atoms with Gasteiger partial charge in [-0.25, -0.2) is 13.9 Å². The summed E-state index contributed by atoms with van der Waals surface area (Å²) in [6.45, 7) is 1.87. The van der Waals surface area contributed by atoms with Crippen LogP contribution in [0, 0.1) is 5.82 Å². The fourth-order valence-electron chi connectivity index (χ4n) is 2.69. The van der Waals surface area contributed by atoms with Gasteiger partial charge in [-0.2, -0.15) is 5.10 Å². The van der Waals surface area contributed by atoms with Crippen LogP contribution in [0.4, 0.5) is 10.1 Å². The van der Waals surface area contributed by atoms with E-state index in [0.717, 1.165) is 17.8 Å². The molecule has 132 valence electrons. The summed E-state index contributed by atoms with van der Waals surface area (Å²) in [5, 5.41) is 13.3. The summed E-state index contributed by atoms with van der Waals surface area (Å²) in [6, 6.07) is 8.72. The number of benzene rings is 1. The first-order chi connectivity index (χ1) is 12.0. The number of anilines is 1. The molecule has 6 nitrogen and oxygen atoms in total. The molecule has 2 aromatic heterocycles. The molecule has 0 unspecified atom stereocenters. The highest BCUT2D eigenvalue weighted by Crippen LogP contribution is 2.26. The number of ether oxygens (including phenoxy) is 1. The number of aliphatic hydroxyl groups is 1. The molecule has 25 heavy (non-hydrogen) atoms. The second-order valence-electron chi connectivity index (χ2n) is 5.93. The zero-order valence-electron chi connectivity index (χ0n) is 14.5. The van der Waals surface area contributed by atoms with Crippen LogP contribution in [0.3, 0.4) is 0 Å². The van der Waals surface area contributed by atoms with Crippen molar-refractivity contribution in [3.05, 3.63) is 47.5 Å². The molecule has 0 radical (unpaired) electrons. The molecule has 2 heterocycles. The second kappa shape index (κ2) is 7.16. The van der Waals surface area contributed by atoms with Gasteiger partial charge in [-0.3, -0.25) is 0 Å². The first-order valence-corrected chi connectivity index (χ1v) is 8.08. The predicted molar refractivity (Wildman–Crippen MR) is 94.0 cm³/mol. The number of hydrogen-bond donors (Lipinski definition) is 1. The summed E-state index contributed by atoms with van der Waals surface area (Å²) >= 11 is 0. The third-order valence-corrected chi connectivity index (χ3v) is 4.00. The molecule has 0 saturated heterocycles. The summed E-state index contributed by atoms with van der Waals surface area (Å²) < 4.78 is 21.2. The van der Waals surface area contributed by atoms with Crippen molar-refractivity contribution in [2.75, 3.05) is 25.8 Å². The van der Waals surface area contributed by atoms with Crippen molar-refractivity contribution in [1.29, 1.82) is 0 Å². The third-order valence-electron chi connectivity index (χ3n) is 4.00. The monoisotopic (exact) mass is 344 g/mol. The minimum Gasteiger partial charge on any atom is -0.378 e. The lowest BCUT2D eigenvalue weighted by atomic mass is 10.1. The summed E-state index contributed by atoms with van der Waals surface area (Å²) in [6.07, 6.45) is 0.744. The van der Waals surface area contributed by atoms with E-state index in [9.17, 15) is 4.39 Å². The summed E-state index contributed by atoms with van der Waals surface area (Å²) in [7, 11) is 3.74. The largest absolute Gasteiger partial charge is 0.378 e. The Morgan fingerprint density at radius 1 is 1.24 bits per heavy atom. The van der Waals surface area contributed by atoms with Crippen molar-refractivity contribution < 1.29 is 14.2 Å². The Morgan fingerprint density at radius 2 is 2.04 bits per heavy atom. The molecule has 3 aromatic rings. The van der Waals surface area contributed by atoms with Crippen molar-refractivity contribution in [3.8, 4) is 11.3 Å². The van der Waals surface area contributed by atoms with Crippen LogP contribution in [0.15, 0.2) is 30.3 Å². The van der Waals surface area contributed by atoms with Gasteiger partial charge in [0.25, 0.3) is 0 Å². The molecule has 0 saturated carbocycles. The lowest BCUT2D eigenvalue weighted by Crippen LogP contribution is -2.08. The molecule has 0 bridgehead atoms. The molecule has 0 aliphatic heterocycles. The number of aromatic nitrogens is 3. The van der Waals surface area contributed by atoms with Crippen LogP contribution in [0.1, 0.15) is 18.3 Å². The number of aliphatic hydroxyl groups excluding tert-OH is 1. The van der Waals surface area contributed by atoms with E-state index in [-0.39, 0.29) is 19.2 Å². The molecule has 3 rings (SSSR count). The Kier molecular flexibility index (Phi) is 4.96. The first-order valence-electron chi connectivity index (χ1n) is 8.08. The zero-order valence-corrected chi connectivity index (χ0v) is 14.5. The highest BCUT2D eigenvalue weighted by Gasteiger charge is 2.14. The molecule has 0 spiro atoms. The van der Waals surface area contributed by atoms with Crippen LogP contribution in [0.5, 0.6) is 0 Å². The minimum absolute atomic E-state index is 0.215. The van der Waals surface area contributed by atoms with E-state index in [1.54, 1.807) is 16.6 Å². The van der Waals surface area contributed by atoms with Crippen LogP contribution in [-0.4, -0.2) is 40.6 Å². The molecule has 0 atom stereocenters. The van der Waals surface area contributed by atoms with Gasteiger partial charge in [0.15, 0.2) is 5.65 Å². The summed E-state index contributed by atoms with van der Waals surface area (Å²) in [5.41, 5.74) is 4.03. The van der Waals surface area contributed by atoms with Gasteiger partial charge in [0.05, 0.1) is 18.0 Å². The van der Waals surface area contributed by atoms with Crippen molar-refractivity contribution >= 4 is 11.3 Å². The molecular formula is C18H21FN4O2. The lowest BCUT2D eigenvalue weighted by Gasteiger charge is -2.12. The Labute approximate surface area is 145 Å². The molecule has 0 aliphatic carbocycles. The van der Waals surface area contributed by atoms with Gasteiger partial charge in [0.1, 0.15) is 12.6 Å². The predicted octanol–water partition coefficient (Wildman–Crippen LogP) is 2.63. The van der Waals surface area contributed by atoms with E-state index in [1.165, 1.54) is 6.07 Å². The van der Waals surface area contributed by atoms with Crippen LogP contribution in [-0.2, 0) is 17.8 Å². The number of rotatable bonds is 6. The summed E-state index contributed by atoms with van der Waals surface area (Å²) in [5.74, 6) is -0.323. The van der Waals surface area contributed by atoms with Crippen molar-refractivity contribution in [3.63, 3.8) is 0 Å². The maximum atomic E-state index is 14.5. The van der Waals surface area contributed by atoms with Crippen LogP contribution in [0.25, 0.3) is 16.9 Å². The maximum Gasteiger partial charge on any atom is 0.156 e. The molecule has 0 aliphatic rings. The van der Waals surface area contributed by atoms with Gasteiger partial charge in [-0.05, 0) is 30.7 Å². The van der Waals surface area contributed by atoms with Gasteiger partial charge in [-0.1, -0.05) is 6.92 Å². The van der Waals surface area contributed by atoms with Gasteiger partial charge in [0, 0.05) is 37.1 Å². The second-order valence-corrected chi connectivity index (χ2v) is 5.93. The number of halogens is 1. The van der Waals surface area contributed by atoms with Crippen LogP contribution in [0.2, 0.25) is 0 Å². The van der Waals surface area contributed by atoms with Crippen LogP contribution < -0.4 is 4.90 Å². The number of nitrogens with zero attached hydrogens (tertiary/aromatic N) is 4. The van der Waals surface area contributed by atoms with E-state index < -0.39 is 0 Å². The smallest absolute Gasteiger partial charge is 0.156 e. The molecular weight excluding hydrogens is 323 g/mol. The van der Waals surface area contributed by atoms with Gasteiger partial charge < -0.3 is 14.7 Å². The summed E-state index contributed by atoms with van der Waals surface area (Å²) in [4.78, 5) is 6.32. The quantitative estimate of drug-likeness (QED) is 0.697. The molecule has 7 heteroatoms. The first kappa shape index (κ1) is 17.3. The van der Waals surface area contributed by atoms with Gasteiger partial charge in [0.2, 0.25) is 0 Å². The molecule has 1 aromatic carbocycles. The Morgan fingerprint density at radius 3 is 2.68 bits per heavy atom. The average Bonchev–Trinajstić information content (AvgIpc) is 3.02. The fourth-order valence-corrected chi connectivity index (χ4v) is 2.69.